The molecule has 2 aliphatic rings. The van der Waals surface area contributed by atoms with Crippen LogP contribution >= 0.6 is 0 Å². The number of aromatic nitrogens is 1. The predicted octanol–water partition coefficient (Wildman–Crippen LogP) is 2.66. The van der Waals surface area contributed by atoms with E-state index in [1.165, 1.54) is 38.4 Å². The number of rotatable bonds is 4. The maximum atomic E-state index is 9.22. The summed E-state index contributed by atoms with van der Waals surface area (Å²) in [4.78, 5) is 6.63. The molecule has 1 heterocycles. The van der Waals surface area contributed by atoms with Crippen molar-refractivity contribution in [3.8, 4) is 5.75 Å². The van der Waals surface area contributed by atoms with Gasteiger partial charge >= 0.3 is 0 Å². The average molecular weight is 246 g/mol. The first-order valence-electron chi connectivity index (χ1n) is 7.03. The normalized spacial score (nSPS) is 30.2. The molecule has 3 nitrogen and oxygen atoms in total. The summed E-state index contributed by atoms with van der Waals surface area (Å²) in [7, 11) is 2.18. The third-order valence-electron chi connectivity index (χ3n) is 4.67. The largest absolute Gasteiger partial charge is 0.506 e. The lowest BCUT2D eigenvalue weighted by Gasteiger charge is -2.26. The number of hydrogen-bond donors (Lipinski definition) is 1. The molecule has 2 aliphatic carbocycles. The molecule has 0 aliphatic heterocycles. The highest BCUT2D eigenvalue weighted by atomic mass is 16.3. The van der Waals surface area contributed by atoms with Gasteiger partial charge in [0.1, 0.15) is 5.75 Å². The van der Waals surface area contributed by atoms with E-state index in [9.17, 15) is 5.11 Å². The van der Waals surface area contributed by atoms with Gasteiger partial charge in [0, 0.05) is 13.1 Å². The Bertz CT molecular complexity index is 403. The van der Waals surface area contributed by atoms with Crippen LogP contribution in [0.2, 0.25) is 0 Å². The highest BCUT2D eigenvalue weighted by molar-refractivity contribution is 5.17. The molecule has 1 N–H and O–H groups in total. The van der Waals surface area contributed by atoms with Gasteiger partial charge in [0.15, 0.2) is 0 Å². The van der Waals surface area contributed by atoms with Gasteiger partial charge in [-0.2, -0.15) is 0 Å². The van der Waals surface area contributed by atoms with E-state index in [0.717, 1.165) is 30.0 Å². The molecular weight excluding hydrogens is 224 g/mol. The molecule has 1 aromatic rings. The smallest absolute Gasteiger partial charge is 0.133 e. The Morgan fingerprint density at radius 3 is 2.83 bits per heavy atom. The van der Waals surface area contributed by atoms with Gasteiger partial charge in [0.2, 0.25) is 0 Å². The fourth-order valence-corrected chi connectivity index (χ4v) is 3.85. The Morgan fingerprint density at radius 1 is 1.33 bits per heavy atom. The second kappa shape index (κ2) is 4.88. The molecule has 2 fully saturated rings. The van der Waals surface area contributed by atoms with Crippen molar-refractivity contribution in [2.75, 3.05) is 13.6 Å². The summed E-state index contributed by atoms with van der Waals surface area (Å²) < 4.78 is 0. The van der Waals surface area contributed by atoms with Crippen molar-refractivity contribution in [2.45, 2.75) is 32.2 Å². The second-order valence-electron chi connectivity index (χ2n) is 6.14. The zero-order chi connectivity index (χ0) is 12.5. The van der Waals surface area contributed by atoms with E-state index in [1.807, 2.05) is 6.07 Å². The Morgan fingerprint density at radius 2 is 2.22 bits per heavy atom. The predicted molar refractivity (Wildman–Crippen MR) is 71.2 cm³/mol. The van der Waals surface area contributed by atoms with Crippen LogP contribution in [0.4, 0.5) is 0 Å². The van der Waals surface area contributed by atoms with Crippen LogP contribution < -0.4 is 0 Å². The first kappa shape index (κ1) is 12.0. The molecule has 2 saturated carbocycles. The van der Waals surface area contributed by atoms with Gasteiger partial charge in [0.05, 0.1) is 11.9 Å². The van der Waals surface area contributed by atoms with Crippen LogP contribution in [0.3, 0.4) is 0 Å². The van der Waals surface area contributed by atoms with Gasteiger partial charge in [-0.25, -0.2) is 0 Å². The van der Waals surface area contributed by atoms with Crippen LogP contribution in [-0.2, 0) is 6.54 Å². The van der Waals surface area contributed by atoms with Gasteiger partial charge in [0.25, 0.3) is 0 Å². The monoisotopic (exact) mass is 246 g/mol. The van der Waals surface area contributed by atoms with Gasteiger partial charge in [-0.3, -0.25) is 4.98 Å². The minimum atomic E-state index is 0.245. The summed E-state index contributed by atoms with van der Waals surface area (Å²) in [6.07, 6.45) is 7.39. The van der Waals surface area contributed by atoms with Gasteiger partial charge in [-0.15, -0.1) is 0 Å². The van der Waals surface area contributed by atoms with Crippen molar-refractivity contribution >= 4 is 0 Å². The van der Waals surface area contributed by atoms with Gasteiger partial charge in [-0.05, 0) is 56.2 Å². The lowest BCUT2D eigenvalue weighted by molar-refractivity contribution is 0.213. The van der Waals surface area contributed by atoms with Crippen LogP contribution in [0.25, 0.3) is 0 Å². The molecular formula is C15H22N2O. The number of pyridine rings is 1. The number of fused-ring (bicyclic) bond motifs is 2. The van der Waals surface area contributed by atoms with Crippen molar-refractivity contribution in [2.24, 2.45) is 17.8 Å². The zero-order valence-corrected chi connectivity index (χ0v) is 11.0. The topological polar surface area (TPSA) is 36.4 Å². The summed E-state index contributed by atoms with van der Waals surface area (Å²) >= 11 is 0. The first-order valence-corrected chi connectivity index (χ1v) is 7.03. The summed E-state index contributed by atoms with van der Waals surface area (Å²) in [5.41, 5.74) is 1.04. The highest BCUT2D eigenvalue weighted by Gasteiger charge is 2.39. The van der Waals surface area contributed by atoms with Crippen molar-refractivity contribution in [3.05, 3.63) is 24.0 Å². The lowest BCUT2D eigenvalue weighted by atomic mass is 9.88. The summed E-state index contributed by atoms with van der Waals surface area (Å²) in [5, 5.41) is 9.22. The third kappa shape index (κ3) is 2.51. The minimum Gasteiger partial charge on any atom is -0.506 e. The van der Waals surface area contributed by atoms with E-state index in [1.54, 1.807) is 6.07 Å². The minimum absolute atomic E-state index is 0.245. The van der Waals surface area contributed by atoms with E-state index in [0.29, 0.717) is 0 Å². The van der Waals surface area contributed by atoms with Crippen LogP contribution in [-0.4, -0.2) is 28.6 Å². The van der Waals surface area contributed by atoms with Crippen LogP contribution in [0, 0.1) is 17.8 Å². The van der Waals surface area contributed by atoms with E-state index < -0.39 is 0 Å². The highest BCUT2D eigenvalue weighted by Crippen LogP contribution is 2.48. The molecule has 1 aromatic heterocycles. The van der Waals surface area contributed by atoms with Crippen LogP contribution in [0.15, 0.2) is 18.3 Å². The molecule has 2 bridgehead atoms. The summed E-state index contributed by atoms with van der Waals surface area (Å²) in [6, 6.07) is 3.63. The molecule has 0 radical (unpaired) electrons. The van der Waals surface area contributed by atoms with E-state index in [4.69, 9.17) is 0 Å². The van der Waals surface area contributed by atoms with Crippen LogP contribution in [0.5, 0.6) is 5.75 Å². The molecule has 3 unspecified atom stereocenters. The quantitative estimate of drug-likeness (QED) is 0.887. The third-order valence-corrected chi connectivity index (χ3v) is 4.67. The fraction of sp³-hybridized carbons (Fsp3) is 0.667. The van der Waals surface area contributed by atoms with E-state index >= 15 is 0 Å². The molecule has 0 amide bonds. The van der Waals surface area contributed by atoms with Crippen molar-refractivity contribution < 1.29 is 5.11 Å². The van der Waals surface area contributed by atoms with Crippen molar-refractivity contribution in [1.29, 1.82) is 0 Å². The molecule has 3 rings (SSSR count). The number of nitrogens with zero attached hydrogens (tertiary/aromatic N) is 2. The molecule has 3 heteroatoms. The molecule has 3 atom stereocenters. The molecule has 0 aromatic carbocycles. The first-order chi connectivity index (χ1) is 8.70. The Hall–Kier alpha value is -1.09. The van der Waals surface area contributed by atoms with Crippen molar-refractivity contribution in [1.82, 2.24) is 9.88 Å². The Kier molecular flexibility index (Phi) is 3.25. The summed E-state index contributed by atoms with van der Waals surface area (Å²) in [5.74, 6) is 3.17. The Labute approximate surface area is 109 Å². The number of hydrogen-bond acceptors (Lipinski definition) is 3. The molecule has 98 valence electrons. The Balaban J connectivity index is 1.52. The molecule has 18 heavy (non-hydrogen) atoms. The van der Waals surface area contributed by atoms with Crippen LogP contribution in [0.1, 0.15) is 31.4 Å². The maximum Gasteiger partial charge on any atom is 0.133 e. The zero-order valence-electron chi connectivity index (χ0n) is 11.0. The van der Waals surface area contributed by atoms with E-state index in [2.05, 4.69) is 16.9 Å². The fourth-order valence-electron chi connectivity index (χ4n) is 3.85. The average Bonchev–Trinajstić information content (AvgIpc) is 2.94. The van der Waals surface area contributed by atoms with E-state index in [-0.39, 0.29) is 5.75 Å². The second-order valence-corrected chi connectivity index (χ2v) is 6.14. The van der Waals surface area contributed by atoms with Gasteiger partial charge in [-0.1, -0.05) is 6.42 Å². The number of aromatic hydroxyl groups is 1. The van der Waals surface area contributed by atoms with Crippen molar-refractivity contribution in [3.63, 3.8) is 0 Å². The lowest BCUT2D eigenvalue weighted by Crippen LogP contribution is -2.28. The molecule has 0 saturated heterocycles. The standard InChI is InChI=1S/C15H22N2O/c1-17(10-14-4-5-15(18)8-16-14)9-13-7-11-2-3-12(13)6-11/h4-5,8,11-13,18H,2-3,6-7,9-10H2,1H3. The van der Waals surface area contributed by atoms with Gasteiger partial charge < -0.3 is 10.0 Å². The maximum absolute atomic E-state index is 9.22. The molecule has 0 spiro atoms. The SMILES string of the molecule is CN(Cc1ccc(O)cn1)CC1CC2CCC1C2. The summed E-state index contributed by atoms with van der Waals surface area (Å²) in [6.45, 7) is 2.08.